The molecule has 0 aromatic rings. The molecule has 6 aliphatic rings. The van der Waals surface area contributed by atoms with E-state index >= 15 is 0 Å². The fourth-order valence-corrected chi connectivity index (χ4v) is 11.9. The van der Waals surface area contributed by atoms with Crippen LogP contribution in [0.4, 0.5) is 0 Å². The Labute approximate surface area is 573 Å². The molecule has 44 heteroatoms. The first-order valence-electron chi connectivity index (χ1n) is 31.8. The first-order valence-corrected chi connectivity index (χ1v) is 31.8. The molecule has 34 atom stereocenters. The van der Waals surface area contributed by atoms with Crippen molar-refractivity contribution in [2.45, 2.75) is 256 Å². The zero-order valence-electron chi connectivity index (χ0n) is 54.9. The van der Waals surface area contributed by atoms with Crippen LogP contribution in [0.25, 0.3) is 0 Å². The van der Waals surface area contributed by atoms with E-state index in [1.54, 1.807) is 0 Å². The molecule has 18 unspecified atom stereocenters. The summed E-state index contributed by atoms with van der Waals surface area (Å²) in [4.78, 5) is 50.1. The van der Waals surface area contributed by atoms with E-state index in [1.165, 1.54) is 6.92 Å². The second-order valence-electron chi connectivity index (χ2n) is 24.5. The Hall–Kier alpha value is -4.40. The van der Waals surface area contributed by atoms with Gasteiger partial charge in [0.15, 0.2) is 31.5 Å². The summed E-state index contributed by atoms with van der Waals surface area (Å²) in [5.74, 6) is -6.05. The van der Waals surface area contributed by atoms with Crippen molar-refractivity contribution in [3.05, 3.63) is 22.9 Å². The zero-order valence-corrected chi connectivity index (χ0v) is 54.9. The molecule has 4 amide bonds. The van der Waals surface area contributed by atoms with Crippen molar-refractivity contribution in [3.63, 3.8) is 0 Å². The van der Waals surface area contributed by atoms with Gasteiger partial charge in [0.1, 0.15) is 175 Å². The Morgan fingerprint density at radius 3 is 1.30 bits per heavy atom. The van der Waals surface area contributed by atoms with E-state index in [1.807, 2.05) is 5.32 Å². The molecular formula is C57H96N4O40. The molecule has 0 radical (unpaired) electrons. The smallest absolute Gasteiger partial charge is 0.221 e. The summed E-state index contributed by atoms with van der Waals surface area (Å²) in [5, 5.41) is 261. The van der Waals surface area contributed by atoms with E-state index in [0.717, 1.165) is 27.7 Å². The van der Waals surface area contributed by atoms with Crippen molar-refractivity contribution >= 4 is 23.6 Å². The summed E-state index contributed by atoms with van der Waals surface area (Å²) in [6.07, 6.45) is -68.2. The average molecular weight is 1480 g/mol. The summed E-state index contributed by atoms with van der Waals surface area (Å²) in [6, 6.07) is -3.04. The predicted octanol–water partition coefficient (Wildman–Crippen LogP) is -14.8. The van der Waals surface area contributed by atoms with E-state index in [9.17, 15) is 137 Å². The number of nitrogens with one attached hydrogen (secondary N) is 4. The first kappa shape index (κ1) is 85.5. The molecule has 0 aromatic carbocycles. The highest BCUT2D eigenvalue weighted by Crippen LogP contribution is 2.38. The van der Waals surface area contributed by atoms with Gasteiger partial charge in [-0.05, 0) is 6.92 Å². The number of carbonyl (C=O) groups excluding carboxylic acids is 4. The Kier molecular flexibility index (Phi) is 32.8. The van der Waals surface area contributed by atoms with Crippen molar-refractivity contribution in [2.75, 3.05) is 52.9 Å². The molecule has 584 valence electrons. The van der Waals surface area contributed by atoms with Gasteiger partial charge in [0.05, 0.1) is 51.8 Å². The molecule has 6 fully saturated rings. The molecule has 6 rings (SSSR count). The van der Waals surface area contributed by atoms with Gasteiger partial charge in [0.25, 0.3) is 0 Å². The molecule has 44 nitrogen and oxygen atoms in total. The molecule has 101 heavy (non-hydrogen) atoms. The largest absolute Gasteiger partial charge is 0.508 e. The third-order valence-electron chi connectivity index (χ3n) is 17.1. The standard InChI is InChI=1S/C57H96N4O40/c1-16-29(58-17(2)69)39(80)46(26(13-67)90-16)99-53-32(61-20(5)72)40(81)47(27(14-68)95-53)100-55-45(86)48(101-57-50(43(84)37(78)25(12-66)94-57)98-51(87)30(59-18(3)70)33(74)21(73)6-8-62)38(79)28(96-55)15-89-56-49(42(83)36(77)24(11-65)93-56)97-52(88)31(60-19(4)71)34(75)22(7-9-63)91-54-44(85)41(82)35(76)23(10-64)92-54/h16,21-29,32,35-57,62-68,73-88H,6-15H2,1-5H3,(H,58,69)(H,59,70)(H,60,71)(H,61,72)/b33-30-,34-31-/t16-,21+,22+,23?,24?,25?,26?,27?,28?,29?,32?,35-,36+,37+,38+,39?,40?,41?,42?,43?,44?,45?,46+,47+,48?,49?,50?,51-,52-,53-,54+,55-,56-,57+/m0/s1. The van der Waals surface area contributed by atoms with Gasteiger partial charge in [-0.3, -0.25) is 19.2 Å². The summed E-state index contributed by atoms with van der Waals surface area (Å²) in [7, 11) is 0. The van der Waals surface area contributed by atoms with E-state index in [4.69, 9.17) is 61.6 Å². The number of carbonyl (C=O) groups is 4. The van der Waals surface area contributed by atoms with Gasteiger partial charge in [-0.15, -0.1) is 0 Å². The predicted molar refractivity (Wildman–Crippen MR) is 318 cm³/mol. The zero-order chi connectivity index (χ0) is 75.3. The van der Waals surface area contributed by atoms with Crippen LogP contribution < -0.4 is 21.3 Å². The van der Waals surface area contributed by atoms with E-state index in [-0.39, 0.29) is 0 Å². The van der Waals surface area contributed by atoms with Crippen LogP contribution in [-0.2, 0) is 80.8 Å². The molecule has 27 N–H and O–H groups in total. The number of rotatable bonds is 32. The third kappa shape index (κ3) is 20.8. The Morgan fingerprint density at radius 2 is 0.802 bits per heavy atom. The maximum atomic E-state index is 12.9. The van der Waals surface area contributed by atoms with E-state index in [0.29, 0.717) is 0 Å². The number of hydrogen-bond acceptors (Lipinski definition) is 40. The molecule has 0 spiro atoms. The summed E-state index contributed by atoms with van der Waals surface area (Å²) < 4.78 is 75.8. The molecule has 6 saturated heterocycles. The Bertz CT molecular complexity index is 2690. The van der Waals surface area contributed by atoms with Crippen LogP contribution in [0.1, 0.15) is 47.5 Å². The first-order chi connectivity index (χ1) is 47.6. The lowest BCUT2D eigenvalue weighted by molar-refractivity contribution is -0.389. The highest BCUT2D eigenvalue weighted by atomic mass is 16.8. The van der Waals surface area contributed by atoms with Gasteiger partial charge >= 0.3 is 0 Å². The summed E-state index contributed by atoms with van der Waals surface area (Å²) in [5.41, 5.74) is -2.10. The van der Waals surface area contributed by atoms with Gasteiger partial charge in [-0.1, -0.05) is 0 Å². The molecule has 0 aromatic heterocycles. The second kappa shape index (κ2) is 38.7. The highest BCUT2D eigenvalue weighted by molar-refractivity contribution is 5.76. The van der Waals surface area contributed by atoms with Gasteiger partial charge in [-0.2, -0.15) is 0 Å². The highest BCUT2D eigenvalue weighted by Gasteiger charge is 2.58. The fraction of sp³-hybridized carbons (Fsp3) is 0.860. The number of aliphatic hydroxyl groups excluding tert-OH is 23. The van der Waals surface area contributed by atoms with Crippen molar-refractivity contribution in [1.82, 2.24) is 21.3 Å². The van der Waals surface area contributed by atoms with Crippen molar-refractivity contribution in [2.24, 2.45) is 0 Å². The van der Waals surface area contributed by atoms with Crippen LogP contribution in [0.2, 0.25) is 0 Å². The van der Waals surface area contributed by atoms with Gasteiger partial charge in [0, 0.05) is 53.8 Å². The third-order valence-corrected chi connectivity index (χ3v) is 17.1. The minimum absolute atomic E-state index is 0.597. The normalized spacial score (nSPS) is 41.0. The van der Waals surface area contributed by atoms with Crippen LogP contribution >= 0.6 is 0 Å². The average Bonchev–Trinajstić information content (AvgIpc) is 0.764. The minimum atomic E-state index is -2.75. The molecular weight excluding hydrogens is 1380 g/mol. The Morgan fingerprint density at radius 1 is 0.386 bits per heavy atom. The lowest BCUT2D eigenvalue weighted by Gasteiger charge is -2.50. The monoisotopic (exact) mass is 1480 g/mol. The maximum absolute atomic E-state index is 12.9. The Balaban J connectivity index is 1.41. The van der Waals surface area contributed by atoms with Crippen LogP contribution in [0.3, 0.4) is 0 Å². The fourth-order valence-electron chi connectivity index (χ4n) is 11.9. The minimum Gasteiger partial charge on any atom is -0.508 e. The van der Waals surface area contributed by atoms with Gasteiger partial charge in [-0.25, -0.2) is 0 Å². The van der Waals surface area contributed by atoms with Crippen molar-refractivity contribution in [3.8, 4) is 0 Å². The molecule has 0 saturated carbocycles. The topological polar surface area (TPSA) is 702 Å². The molecule has 0 aliphatic carbocycles. The number of hydrogen-bond donors (Lipinski definition) is 27. The number of ether oxygens (including phenoxy) is 13. The summed E-state index contributed by atoms with van der Waals surface area (Å²) in [6.45, 7) is -2.76. The molecule has 6 heterocycles. The lowest BCUT2D eigenvalue weighted by atomic mass is 9.92. The lowest BCUT2D eigenvalue weighted by Crippen LogP contribution is -2.70. The quantitative estimate of drug-likeness (QED) is 0.0220. The van der Waals surface area contributed by atoms with Gasteiger partial charge in [0.2, 0.25) is 36.2 Å². The molecule has 0 bridgehead atoms. The van der Waals surface area contributed by atoms with E-state index in [2.05, 4.69) is 16.0 Å². The van der Waals surface area contributed by atoms with Crippen LogP contribution in [-0.4, -0.2) is 403 Å². The number of aliphatic hydroxyl groups is 23. The van der Waals surface area contributed by atoms with Gasteiger partial charge < -0.3 is 200 Å². The number of amides is 4. The molecule has 6 aliphatic heterocycles. The maximum Gasteiger partial charge on any atom is 0.221 e. The van der Waals surface area contributed by atoms with Crippen LogP contribution in [0.5, 0.6) is 0 Å². The second-order valence-corrected chi connectivity index (χ2v) is 24.5. The van der Waals surface area contributed by atoms with E-state index < -0.39 is 321 Å². The van der Waals surface area contributed by atoms with Crippen molar-refractivity contribution < 1.29 is 198 Å². The van der Waals surface area contributed by atoms with Crippen molar-refractivity contribution in [1.29, 1.82) is 0 Å². The van der Waals surface area contributed by atoms with Crippen LogP contribution in [0.15, 0.2) is 22.9 Å². The SMILES string of the molecule is CC(=O)N/C(=C(\O)[C@H](O)CCO)[C@@H](O)OC1C(O)[C@H](O)C(CO)O[C@@H]1OC1C(O)[C@H](O[C@@H]2C(CO)O[C@@H](O[C@@H]3C(CO)O[C@@H](C)C(NC(C)=O)C3O)C(NC(C)=O)C2O)OC(CO[C@H]2OC(CO)[C@@H](O)C(O)C2O[C@H](O)/C(NC(C)=O)=C(/O)[C@@H](CCO)O[C@@H]2OC(CO)[C@H](O)C(O)C2O)[C@H]1O. The summed E-state index contributed by atoms with van der Waals surface area (Å²) >= 11 is 0. The van der Waals surface area contributed by atoms with Crippen LogP contribution in [0, 0.1) is 0 Å².